The number of nitrogens with one attached hydrogen (secondary N) is 1. The minimum atomic E-state index is -0.817. The van der Waals surface area contributed by atoms with Gasteiger partial charge in [0.25, 0.3) is 0 Å². The Kier molecular flexibility index (Phi) is 6.68. The van der Waals surface area contributed by atoms with Gasteiger partial charge in [0.15, 0.2) is 0 Å². The second-order valence-electron chi connectivity index (χ2n) is 6.63. The molecule has 1 heterocycles. The molecule has 0 radical (unpaired) electrons. The van der Waals surface area contributed by atoms with Crippen LogP contribution in [0, 0.1) is 5.82 Å². The maximum Gasteiger partial charge on any atom is 0.247 e. The minimum absolute atomic E-state index is 0.187. The van der Waals surface area contributed by atoms with Gasteiger partial charge in [-0.2, -0.15) is 0 Å². The monoisotopic (exact) mass is 391 g/mol. The molecule has 1 N–H and O–H groups in total. The molecule has 148 valence electrons. The molecule has 5 nitrogen and oxygen atoms in total. The van der Waals surface area contributed by atoms with Crippen molar-refractivity contribution in [1.82, 2.24) is 15.2 Å². The zero-order chi connectivity index (χ0) is 20.6. The molecule has 0 saturated heterocycles. The largest absolute Gasteiger partial charge is 0.348 e. The summed E-state index contributed by atoms with van der Waals surface area (Å²) in [5.41, 5.74) is 2.16. The third-order valence-corrected chi connectivity index (χ3v) is 4.52. The highest BCUT2D eigenvalue weighted by Gasteiger charge is 2.29. The SMILES string of the molecule is CC(=O)N(Cc1ccc(F)cc1)[C@@H](C(=O)NCc1ccccn1)c1ccccc1. The van der Waals surface area contributed by atoms with Crippen LogP contribution in [0.1, 0.15) is 29.8 Å². The molecule has 0 saturated carbocycles. The zero-order valence-electron chi connectivity index (χ0n) is 16.1. The molecule has 1 atom stereocenters. The molecule has 6 heteroatoms. The van der Waals surface area contributed by atoms with E-state index in [0.717, 1.165) is 11.3 Å². The van der Waals surface area contributed by atoms with Crippen LogP contribution in [0.15, 0.2) is 79.0 Å². The van der Waals surface area contributed by atoms with Gasteiger partial charge in [-0.1, -0.05) is 48.5 Å². The lowest BCUT2D eigenvalue weighted by Gasteiger charge is -2.30. The molecule has 0 aliphatic carbocycles. The van der Waals surface area contributed by atoms with Gasteiger partial charge in [-0.25, -0.2) is 4.39 Å². The molecule has 3 rings (SSSR count). The third-order valence-electron chi connectivity index (χ3n) is 4.52. The summed E-state index contributed by atoms with van der Waals surface area (Å²) >= 11 is 0. The van der Waals surface area contributed by atoms with Crippen LogP contribution in [-0.4, -0.2) is 21.7 Å². The maximum atomic E-state index is 13.2. The summed E-state index contributed by atoms with van der Waals surface area (Å²) in [6.45, 7) is 1.86. The summed E-state index contributed by atoms with van der Waals surface area (Å²) in [5.74, 6) is -0.911. The predicted molar refractivity (Wildman–Crippen MR) is 108 cm³/mol. The number of amides is 2. The van der Waals surface area contributed by atoms with Crippen LogP contribution < -0.4 is 5.32 Å². The molecule has 0 unspecified atom stereocenters. The van der Waals surface area contributed by atoms with Gasteiger partial charge in [0, 0.05) is 19.7 Å². The van der Waals surface area contributed by atoms with Gasteiger partial charge in [-0.3, -0.25) is 14.6 Å². The lowest BCUT2D eigenvalue weighted by atomic mass is 10.0. The molecular weight excluding hydrogens is 369 g/mol. The fourth-order valence-electron chi connectivity index (χ4n) is 3.06. The van der Waals surface area contributed by atoms with E-state index in [-0.39, 0.29) is 30.7 Å². The average Bonchev–Trinajstić information content (AvgIpc) is 2.74. The van der Waals surface area contributed by atoms with Gasteiger partial charge in [0.1, 0.15) is 11.9 Å². The van der Waals surface area contributed by atoms with Crippen LogP contribution in [0.25, 0.3) is 0 Å². The lowest BCUT2D eigenvalue weighted by Crippen LogP contribution is -2.42. The smallest absolute Gasteiger partial charge is 0.247 e. The number of nitrogens with zero attached hydrogens (tertiary/aromatic N) is 2. The van der Waals surface area contributed by atoms with E-state index in [1.807, 2.05) is 42.5 Å². The first kappa shape index (κ1) is 20.2. The van der Waals surface area contributed by atoms with Crippen molar-refractivity contribution in [2.24, 2.45) is 0 Å². The number of hydrogen-bond donors (Lipinski definition) is 1. The van der Waals surface area contributed by atoms with Gasteiger partial charge in [0.05, 0.1) is 12.2 Å². The highest BCUT2D eigenvalue weighted by atomic mass is 19.1. The van der Waals surface area contributed by atoms with Crippen LogP contribution in [0.2, 0.25) is 0 Å². The number of hydrogen-bond acceptors (Lipinski definition) is 3. The van der Waals surface area contributed by atoms with Gasteiger partial charge in [-0.15, -0.1) is 0 Å². The third kappa shape index (κ3) is 5.48. The standard InChI is InChI=1S/C23H22FN3O2/c1-17(28)27(16-18-10-12-20(24)13-11-18)22(19-7-3-2-4-8-19)23(29)26-15-21-9-5-6-14-25-21/h2-14,22H,15-16H2,1H3,(H,26,29)/t22-/m1/s1. The fraction of sp³-hybridized carbons (Fsp3) is 0.174. The molecular formula is C23H22FN3O2. The van der Waals surface area contributed by atoms with E-state index in [4.69, 9.17) is 0 Å². The Hall–Kier alpha value is -3.54. The maximum absolute atomic E-state index is 13.2. The van der Waals surface area contributed by atoms with Crippen molar-refractivity contribution in [2.75, 3.05) is 0 Å². The number of aromatic nitrogens is 1. The van der Waals surface area contributed by atoms with Crippen molar-refractivity contribution in [2.45, 2.75) is 26.1 Å². The molecule has 0 aliphatic rings. The summed E-state index contributed by atoms with van der Waals surface area (Å²) in [6.07, 6.45) is 1.66. The normalized spacial score (nSPS) is 11.5. The van der Waals surface area contributed by atoms with E-state index in [1.165, 1.54) is 24.0 Å². The summed E-state index contributed by atoms with van der Waals surface area (Å²) in [4.78, 5) is 31.3. The predicted octanol–water partition coefficient (Wildman–Crippen LogP) is 3.63. The highest BCUT2D eigenvalue weighted by molar-refractivity contribution is 5.88. The van der Waals surface area contributed by atoms with Crippen molar-refractivity contribution in [1.29, 1.82) is 0 Å². The van der Waals surface area contributed by atoms with Crippen LogP contribution in [0.3, 0.4) is 0 Å². The topological polar surface area (TPSA) is 62.3 Å². The van der Waals surface area contributed by atoms with Crippen LogP contribution in [0.5, 0.6) is 0 Å². The summed E-state index contributed by atoms with van der Waals surface area (Å²) < 4.78 is 13.2. The Morgan fingerprint density at radius 3 is 2.31 bits per heavy atom. The van der Waals surface area contributed by atoms with Gasteiger partial charge >= 0.3 is 0 Å². The van der Waals surface area contributed by atoms with Crippen LogP contribution in [-0.2, 0) is 22.7 Å². The van der Waals surface area contributed by atoms with E-state index in [2.05, 4.69) is 10.3 Å². The second-order valence-corrected chi connectivity index (χ2v) is 6.63. The number of benzene rings is 2. The molecule has 0 spiro atoms. The first-order valence-electron chi connectivity index (χ1n) is 9.29. The lowest BCUT2D eigenvalue weighted by molar-refractivity contribution is -0.140. The summed E-state index contributed by atoms with van der Waals surface area (Å²) in [5, 5.41) is 2.87. The second kappa shape index (κ2) is 9.59. The van der Waals surface area contributed by atoms with Gasteiger partial charge in [0.2, 0.25) is 11.8 Å². The van der Waals surface area contributed by atoms with E-state index in [9.17, 15) is 14.0 Å². The number of carbonyl (C=O) groups excluding carboxylic acids is 2. The zero-order valence-corrected chi connectivity index (χ0v) is 16.1. The van der Waals surface area contributed by atoms with Crippen LogP contribution in [0.4, 0.5) is 4.39 Å². The van der Waals surface area contributed by atoms with Crippen molar-refractivity contribution in [3.05, 3.63) is 102 Å². The number of pyridine rings is 1. The molecule has 3 aromatic rings. The molecule has 0 aliphatic heterocycles. The Labute approximate surface area is 169 Å². The first-order valence-corrected chi connectivity index (χ1v) is 9.29. The molecule has 0 fully saturated rings. The fourth-order valence-corrected chi connectivity index (χ4v) is 3.06. The molecule has 29 heavy (non-hydrogen) atoms. The van der Waals surface area contributed by atoms with Crippen molar-refractivity contribution in [3.8, 4) is 0 Å². The van der Waals surface area contributed by atoms with Crippen molar-refractivity contribution >= 4 is 11.8 Å². The molecule has 1 aromatic heterocycles. The van der Waals surface area contributed by atoms with E-state index >= 15 is 0 Å². The first-order chi connectivity index (χ1) is 14.0. The number of carbonyl (C=O) groups is 2. The number of rotatable bonds is 7. The molecule has 0 bridgehead atoms. The minimum Gasteiger partial charge on any atom is -0.348 e. The van der Waals surface area contributed by atoms with E-state index in [0.29, 0.717) is 5.56 Å². The highest BCUT2D eigenvalue weighted by Crippen LogP contribution is 2.24. The molecule has 2 aromatic carbocycles. The van der Waals surface area contributed by atoms with E-state index < -0.39 is 6.04 Å². The van der Waals surface area contributed by atoms with Gasteiger partial charge in [-0.05, 0) is 35.4 Å². The summed E-state index contributed by atoms with van der Waals surface area (Å²) in [7, 11) is 0. The van der Waals surface area contributed by atoms with Crippen molar-refractivity contribution < 1.29 is 14.0 Å². The molecule has 2 amide bonds. The Morgan fingerprint density at radius 1 is 1.00 bits per heavy atom. The quantitative estimate of drug-likeness (QED) is 0.669. The number of halogens is 1. The average molecular weight is 391 g/mol. The van der Waals surface area contributed by atoms with E-state index in [1.54, 1.807) is 24.4 Å². The Balaban J connectivity index is 1.86. The Bertz CT molecular complexity index is 947. The van der Waals surface area contributed by atoms with Crippen molar-refractivity contribution in [3.63, 3.8) is 0 Å². The van der Waals surface area contributed by atoms with Crippen LogP contribution >= 0.6 is 0 Å². The summed E-state index contributed by atoms with van der Waals surface area (Å²) in [6, 6.07) is 19.7. The van der Waals surface area contributed by atoms with Gasteiger partial charge < -0.3 is 10.2 Å². The Morgan fingerprint density at radius 2 is 1.69 bits per heavy atom.